The maximum absolute atomic E-state index is 12.9. The number of sulfonamides is 1. The highest BCUT2D eigenvalue weighted by atomic mass is 35.5. The molecule has 0 aliphatic carbocycles. The normalized spacial score (nSPS) is 15.2. The molecule has 1 N–H and O–H groups in total. The first-order valence-electron chi connectivity index (χ1n) is 10.3. The van der Waals surface area contributed by atoms with Crippen molar-refractivity contribution >= 4 is 21.6 Å². The molecule has 172 valence electrons. The van der Waals surface area contributed by atoms with E-state index in [2.05, 4.69) is 4.90 Å². The average molecular weight is 469 g/mol. The van der Waals surface area contributed by atoms with Crippen molar-refractivity contribution in [3.63, 3.8) is 0 Å². The van der Waals surface area contributed by atoms with Crippen molar-refractivity contribution in [2.24, 2.45) is 5.92 Å². The minimum atomic E-state index is -3.60. The summed E-state index contributed by atoms with van der Waals surface area (Å²) in [5, 5.41) is 10.4. The molecule has 3 atom stereocenters. The molecule has 6 nitrogen and oxygen atoms in total. The molecule has 8 heteroatoms. The van der Waals surface area contributed by atoms with Gasteiger partial charge in [0, 0.05) is 44.9 Å². The molecule has 2 aromatic carbocycles. The zero-order valence-corrected chi connectivity index (χ0v) is 20.2. The van der Waals surface area contributed by atoms with E-state index in [0.29, 0.717) is 18.1 Å². The van der Waals surface area contributed by atoms with Gasteiger partial charge in [-0.2, -0.15) is 4.31 Å². The topological polar surface area (TPSA) is 70.1 Å². The lowest BCUT2D eigenvalue weighted by Gasteiger charge is -2.34. The molecule has 0 spiro atoms. The fourth-order valence-corrected chi connectivity index (χ4v) is 4.86. The van der Waals surface area contributed by atoms with Crippen LogP contribution in [0.15, 0.2) is 59.5 Å². The molecule has 0 aliphatic rings. The Morgan fingerprint density at radius 2 is 1.65 bits per heavy atom. The molecule has 0 amide bonds. The van der Waals surface area contributed by atoms with Crippen LogP contribution in [-0.2, 0) is 21.3 Å². The first-order chi connectivity index (χ1) is 14.7. The summed E-state index contributed by atoms with van der Waals surface area (Å²) in [4.78, 5) is 2.40. The van der Waals surface area contributed by atoms with Crippen LogP contribution in [0, 0.1) is 5.92 Å². The molecule has 0 saturated heterocycles. The lowest BCUT2D eigenvalue weighted by Crippen LogP contribution is -2.44. The Labute approximate surface area is 191 Å². The Balaban J connectivity index is 2.11. The van der Waals surface area contributed by atoms with E-state index in [1.807, 2.05) is 38.1 Å². The number of benzene rings is 2. The van der Waals surface area contributed by atoms with Crippen molar-refractivity contribution in [2.45, 2.75) is 37.4 Å². The number of halogens is 1. The minimum Gasteiger partial charge on any atom is -0.395 e. The van der Waals surface area contributed by atoms with E-state index in [9.17, 15) is 13.5 Å². The number of aliphatic hydroxyl groups excluding tert-OH is 1. The van der Waals surface area contributed by atoms with Gasteiger partial charge in [0.2, 0.25) is 10.0 Å². The maximum atomic E-state index is 12.9. The van der Waals surface area contributed by atoms with Crippen LogP contribution >= 0.6 is 11.6 Å². The zero-order valence-electron chi connectivity index (χ0n) is 18.6. The number of hydrogen-bond acceptors (Lipinski definition) is 5. The van der Waals surface area contributed by atoms with Crippen LogP contribution in [0.25, 0.3) is 0 Å². The number of aliphatic hydroxyl groups is 1. The number of likely N-dealkylation sites (N-methyl/N-ethyl adjacent to an activating group) is 1. The Bertz CT molecular complexity index is 911. The van der Waals surface area contributed by atoms with Gasteiger partial charge < -0.3 is 9.84 Å². The smallest absolute Gasteiger partial charge is 0.242 e. The van der Waals surface area contributed by atoms with Crippen molar-refractivity contribution in [1.82, 2.24) is 9.21 Å². The quantitative estimate of drug-likeness (QED) is 0.516. The van der Waals surface area contributed by atoms with Crippen LogP contribution in [0.1, 0.15) is 19.4 Å². The molecule has 0 bridgehead atoms. The second kappa shape index (κ2) is 11.9. The van der Waals surface area contributed by atoms with E-state index in [0.717, 1.165) is 5.56 Å². The van der Waals surface area contributed by atoms with E-state index < -0.39 is 10.0 Å². The van der Waals surface area contributed by atoms with Gasteiger partial charge in [-0.3, -0.25) is 4.90 Å². The number of methoxy groups -OCH3 is 1. The summed E-state index contributed by atoms with van der Waals surface area (Å²) < 4.78 is 32.8. The summed E-state index contributed by atoms with van der Waals surface area (Å²) in [6.07, 6.45) is -0.317. The number of rotatable bonds is 12. The first kappa shape index (κ1) is 25.8. The van der Waals surface area contributed by atoms with Crippen LogP contribution in [0.4, 0.5) is 0 Å². The molecule has 0 radical (unpaired) electrons. The fraction of sp³-hybridized carbons (Fsp3) is 0.478. The van der Waals surface area contributed by atoms with Crippen molar-refractivity contribution in [2.75, 3.05) is 33.9 Å². The Kier molecular flexibility index (Phi) is 9.93. The summed E-state index contributed by atoms with van der Waals surface area (Å²) >= 11 is 6.33. The number of nitrogens with zero attached hydrogens (tertiary/aromatic N) is 2. The molecule has 2 rings (SSSR count). The lowest BCUT2D eigenvalue weighted by atomic mass is 10.0. The van der Waals surface area contributed by atoms with Crippen molar-refractivity contribution in [3.8, 4) is 0 Å². The molecule has 0 unspecified atom stereocenters. The van der Waals surface area contributed by atoms with Gasteiger partial charge in [0.15, 0.2) is 0 Å². The zero-order chi connectivity index (χ0) is 23.0. The van der Waals surface area contributed by atoms with E-state index in [4.69, 9.17) is 16.3 Å². The third-order valence-electron chi connectivity index (χ3n) is 5.57. The second-order valence-corrected chi connectivity index (χ2v) is 10.4. The number of hydrogen-bond donors (Lipinski definition) is 1. The highest BCUT2D eigenvalue weighted by molar-refractivity contribution is 7.89. The summed E-state index contributed by atoms with van der Waals surface area (Å²) in [6.45, 7) is 5.42. The molecule has 0 saturated carbocycles. The van der Waals surface area contributed by atoms with E-state index in [-0.39, 0.29) is 36.1 Å². The standard InChI is InChI=1S/C23H33ClN2O4S/c1-18(14-26(19(2)17-27)15-20-10-8-9-13-22(20)24)23(30-4)16-25(3)31(28,29)21-11-6-5-7-12-21/h5-13,18-19,23,27H,14-17H2,1-4H3/t18-,19-,23+/m1/s1. The molecular formula is C23H33ClN2O4S. The van der Waals surface area contributed by atoms with E-state index in [1.165, 1.54) is 4.31 Å². The predicted molar refractivity (Wildman–Crippen MR) is 125 cm³/mol. The highest BCUT2D eigenvalue weighted by Gasteiger charge is 2.28. The molecule has 0 fully saturated rings. The van der Waals surface area contributed by atoms with Crippen LogP contribution in [-0.4, -0.2) is 68.7 Å². The van der Waals surface area contributed by atoms with Crippen molar-refractivity contribution in [3.05, 3.63) is 65.2 Å². The summed E-state index contributed by atoms with van der Waals surface area (Å²) in [7, 11) is -0.435. The number of ether oxygens (including phenoxy) is 1. The Morgan fingerprint density at radius 1 is 1.03 bits per heavy atom. The molecule has 0 aliphatic heterocycles. The molecule has 0 heterocycles. The SMILES string of the molecule is CO[C@@H](CN(C)S(=O)(=O)c1ccccc1)[C@H](C)CN(Cc1ccccc1Cl)[C@H](C)CO. The largest absolute Gasteiger partial charge is 0.395 e. The predicted octanol–water partition coefficient (Wildman–Crippen LogP) is 3.49. The monoisotopic (exact) mass is 468 g/mol. The van der Waals surface area contributed by atoms with Gasteiger partial charge in [0.25, 0.3) is 0 Å². The Hall–Kier alpha value is -1.48. The molecule has 0 aromatic heterocycles. The summed E-state index contributed by atoms with van der Waals surface area (Å²) in [5.41, 5.74) is 0.981. The Morgan fingerprint density at radius 3 is 2.23 bits per heavy atom. The van der Waals surface area contributed by atoms with Crippen LogP contribution in [0.2, 0.25) is 5.02 Å². The third-order valence-corrected chi connectivity index (χ3v) is 7.77. The highest BCUT2D eigenvalue weighted by Crippen LogP contribution is 2.22. The van der Waals surface area contributed by atoms with Crippen molar-refractivity contribution in [1.29, 1.82) is 0 Å². The molecule has 31 heavy (non-hydrogen) atoms. The first-order valence-corrected chi connectivity index (χ1v) is 12.1. The van der Waals surface area contributed by atoms with E-state index >= 15 is 0 Å². The molecular weight excluding hydrogens is 436 g/mol. The van der Waals surface area contributed by atoms with Gasteiger partial charge in [-0.05, 0) is 36.6 Å². The maximum Gasteiger partial charge on any atom is 0.242 e. The van der Waals surface area contributed by atoms with Crippen LogP contribution in [0.5, 0.6) is 0 Å². The van der Waals surface area contributed by atoms with E-state index in [1.54, 1.807) is 44.5 Å². The fourth-order valence-electron chi connectivity index (χ4n) is 3.46. The van der Waals surface area contributed by atoms with Crippen molar-refractivity contribution < 1.29 is 18.3 Å². The van der Waals surface area contributed by atoms with Crippen LogP contribution in [0.3, 0.4) is 0 Å². The second-order valence-electron chi connectivity index (χ2n) is 7.90. The molecule has 2 aromatic rings. The average Bonchev–Trinajstić information content (AvgIpc) is 2.78. The lowest BCUT2D eigenvalue weighted by molar-refractivity contribution is 0.0194. The third kappa shape index (κ3) is 7.00. The summed E-state index contributed by atoms with van der Waals surface area (Å²) in [6, 6.07) is 15.9. The van der Waals surface area contributed by atoms with Gasteiger partial charge in [0.05, 0.1) is 17.6 Å². The van der Waals surface area contributed by atoms with Gasteiger partial charge in [-0.1, -0.05) is 54.9 Å². The minimum absolute atomic E-state index is 0.00918. The van der Waals surface area contributed by atoms with Gasteiger partial charge in [0.1, 0.15) is 0 Å². The van der Waals surface area contributed by atoms with Gasteiger partial charge in [-0.25, -0.2) is 8.42 Å². The van der Waals surface area contributed by atoms with Crippen LogP contribution < -0.4 is 0 Å². The van der Waals surface area contributed by atoms with Gasteiger partial charge in [-0.15, -0.1) is 0 Å². The van der Waals surface area contributed by atoms with Gasteiger partial charge >= 0.3 is 0 Å². The summed E-state index contributed by atoms with van der Waals surface area (Å²) in [5.74, 6) is 0.00918.